The molecule has 0 spiro atoms. The van der Waals surface area contributed by atoms with Crippen molar-refractivity contribution in [3.63, 3.8) is 0 Å². The van der Waals surface area contributed by atoms with Gasteiger partial charge in [0.05, 0.1) is 17.5 Å². The van der Waals surface area contributed by atoms with E-state index in [2.05, 4.69) is 10.3 Å². The second kappa shape index (κ2) is 5.97. The van der Waals surface area contributed by atoms with E-state index in [0.717, 1.165) is 11.5 Å². The summed E-state index contributed by atoms with van der Waals surface area (Å²) in [5.41, 5.74) is -0.150. The maximum absolute atomic E-state index is 12.2. The van der Waals surface area contributed by atoms with Crippen LogP contribution in [0.3, 0.4) is 0 Å². The highest BCUT2D eigenvalue weighted by atomic mass is 32.2. The monoisotopic (exact) mass is 346 g/mol. The van der Waals surface area contributed by atoms with Crippen molar-refractivity contribution in [3.05, 3.63) is 63.8 Å². The van der Waals surface area contributed by atoms with Gasteiger partial charge < -0.3 is 15.4 Å². The lowest BCUT2D eigenvalue weighted by atomic mass is 10.1. The van der Waals surface area contributed by atoms with Crippen LogP contribution in [0.4, 0.5) is 0 Å². The van der Waals surface area contributed by atoms with Crippen LogP contribution in [0.15, 0.2) is 52.7 Å². The Morgan fingerprint density at radius 2 is 1.96 bits per heavy atom. The summed E-state index contributed by atoms with van der Waals surface area (Å²) >= 11 is 0. The molecule has 0 bridgehead atoms. The Balaban J connectivity index is 1.87. The second-order valence-electron chi connectivity index (χ2n) is 5.38. The molecule has 1 aliphatic heterocycles. The van der Waals surface area contributed by atoms with Crippen molar-refractivity contribution in [2.75, 3.05) is 5.75 Å². The van der Waals surface area contributed by atoms with Crippen molar-refractivity contribution >= 4 is 15.7 Å². The molecule has 3 N–H and O–H groups in total. The Bertz CT molecular complexity index is 977. The van der Waals surface area contributed by atoms with E-state index < -0.39 is 27.3 Å². The third-order valence-corrected chi connectivity index (χ3v) is 4.97. The van der Waals surface area contributed by atoms with Crippen LogP contribution in [-0.2, 0) is 9.84 Å². The fourth-order valence-corrected chi connectivity index (χ4v) is 3.66. The number of carbonyl (C=O) groups excluding carboxylic acids is 1. The van der Waals surface area contributed by atoms with E-state index in [9.17, 15) is 23.1 Å². The minimum Gasteiger partial charge on any atom is -0.506 e. The number of H-pyrrole nitrogens is 1. The zero-order valence-corrected chi connectivity index (χ0v) is 13.2. The van der Waals surface area contributed by atoms with Gasteiger partial charge in [-0.25, -0.2) is 8.42 Å². The normalized spacial score (nSPS) is 18.4. The van der Waals surface area contributed by atoms with Gasteiger partial charge >= 0.3 is 0 Å². The van der Waals surface area contributed by atoms with Crippen molar-refractivity contribution < 1.29 is 18.3 Å². The summed E-state index contributed by atoms with van der Waals surface area (Å²) in [5, 5.41) is 13.6. The van der Waals surface area contributed by atoms with Crippen molar-refractivity contribution in [2.45, 2.75) is 6.04 Å². The number of carbonyl (C=O) groups is 1. The molecule has 124 valence electrons. The molecule has 0 radical (unpaired) electrons. The van der Waals surface area contributed by atoms with E-state index in [1.165, 1.54) is 6.08 Å². The van der Waals surface area contributed by atoms with Crippen LogP contribution in [0, 0.1) is 0 Å². The van der Waals surface area contributed by atoms with Crippen molar-refractivity contribution in [3.8, 4) is 17.0 Å². The topological polar surface area (TPSA) is 116 Å². The first-order valence-corrected chi connectivity index (χ1v) is 8.81. The van der Waals surface area contributed by atoms with Gasteiger partial charge in [0.25, 0.3) is 11.5 Å². The molecule has 3 rings (SSSR count). The average Bonchev–Trinajstić information content (AvgIpc) is 2.88. The molecule has 7 nitrogen and oxygen atoms in total. The van der Waals surface area contributed by atoms with E-state index in [1.54, 1.807) is 30.3 Å². The summed E-state index contributed by atoms with van der Waals surface area (Å²) in [6.07, 6.45) is 1.35. The minimum absolute atomic E-state index is 0.209. The smallest absolute Gasteiger partial charge is 0.261 e. The zero-order chi connectivity index (χ0) is 17.3. The molecule has 24 heavy (non-hydrogen) atoms. The lowest BCUT2D eigenvalue weighted by Crippen LogP contribution is -2.38. The molecule has 1 atom stereocenters. The van der Waals surface area contributed by atoms with Crippen LogP contribution < -0.4 is 10.9 Å². The van der Waals surface area contributed by atoms with Crippen molar-refractivity contribution in [2.24, 2.45) is 0 Å². The molecule has 1 aromatic heterocycles. The van der Waals surface area contributed by atoms with Crippen LogP contribution >= 0.6 is 0 Å². The number of hydrogen-bond donors (Lipinski definition) is 3. The molecular weight excluding hydrogens is 332 g/mol. The molecule has 0 fully saturated rings. The largest absolute Gasteiger partial charge is 0.506 e. The Kier molecular flexibility index (Phi) is 3.98. The molecule has 8 heteroatoms. The minimum atomic E-state index is -3.31. The molecule has 2 aromatic rings. The van der Waals surface area contributed by atoms with Crippen LogP contribution in [0.5, 0.6) is 5.75 Å². The third kappa shape index (κ3) is 3.23. The Labute approximate surface area is 137 Å². The predicted octanol–water partition coefficient (Wildman–Crippen LogP) is 0.788. The highest BCUT2D eigenvalue weighted by Crippen LogP contribution is 2.25. The van der Waals surface area contributed by atoms with E-state index in [4.69, 9.17) is 0 Å². The number of sulfone groups is 1. The number of aromatic hydroxyl groups is 1. The SMILES string of the molecule is O=C(N[C@@H]1C=CS(=O)(=O)C1)c1cc(O)c(-c2ccccc2)[nH]c1=O. The third-order valence-electron chi connectivity index (χ3n) is 3.57. The maximum Gasteiger partial charge on any atom is 0.261 e. The van der Waals surface area contributed by atoms with E-state index in [0.29, 0.717) is 5.56 Å². The molecule has 0 saturated heterocycles. The molecule has 0 unspecified atom stereocenters. The zero-order valence-electron chi connectivity index (χ0n) is 12.4. The number of aromatic nitrogens is 1. The number of amides is 1. The van der Waals surface area contributed by atoms with Crippen LogP contribution in [-0.4, -0.2) is 36.2 Å². The maximum atomic E-state index is 12.2. The van der Waals surface area contributed by atoms with Crippen LogP contribution in [0.1, 0.15) is 10.4 Å². The lowest BCUT2D eigenvalue weighted by Gasteiger charge is -2.11. The van der Waals surface area contributed by atoms with Gasteiger partial charge in [0.15, 0.2) is 9.84 Å². The quantitative estimate of drug-likeness (QED) is 0.760. The predicted molar refractivity (Wildman–Crippen MR) is 88.3 cm³/mol. The summed E-state index contributed by atoms with van der Waals surface area (Å²) < 4.78 is 22.7. The van der Waals surface area contributed by atoms with E-state index >= 15 is 0 Å². The van der Waals surface area contributed by atoms with Crippen molar-refractivity contribution in [1.29, 1.82) is 0 Å². The molecule has 2 heterocycles. The Morgan fingerprint density at radius 3 is 2.58 bits per heavy atom. The average molecular weight is 346 g/mol. The number of hydrogen-bond acceptors (Lipinski definition) is 5. The first-order valence-electron chi connectivity index (χ1n) is 7.09. The van der Waals surface area contributed by atoms with Gasteiger partial charge in [-0.1, -0.05) is 30.3 Å². The van der Waals surface area contributed by atoms with Crippen LogP contribution in [0.25, 0.3) is 11.3 Å². The summed E-state index contributed by atoms with van der Waals surface area (Å²) in [5.74, 6) is -1.25. The van der Waals surface area contributed by atoms with Gasteiger partial charge in [-0.2, -0.15) is 0 Å². The van der Waals surface area contributed by atoms with Crippen LogP contribution in [0.2, 0.25) is 0 Å². The van der Waals surface area contributed by atoms with Gasteiger partial charge in [-0.15, -0.1) is 0 Å². The molecule has 1 aromatic carbocycles. The number of nitrogens with one attached hydrogen (secondary N) is 2. The summed E-state index contributed by atoms with van der Waals surface area (Å²) in [6, 6.07) is 9.09. The number of pyridine rings is 1. The number of aromatic amines is 1. The summed E-state index contributed by atoms with van der Waals surface area (Å²) in [4.78, 5) is 26.8. The lowest BCUT2D eigenvalue weighted by molar-refractivity contribution is 0.0945. The summed E-state index contributed by atoms with van der Waals surface area (Å²) in [7, 11) is -3.31. The van der Waals surface area contributed by atoms with E-state index in [-0.39, 0.29) is 22.8 Å². The molecule has 0 aliphatic carbocycles. The molecule has 0 saturated carbocycles. The highest BCUT2D eigenvalue weighted by molar-refractivity contribution is 7.94. The van der Waals surface area contributed by atoms with Gasteiger partial charge in [0, 0.05) is 17.0 Å². The standard InChI is InChI=1S/C16H14N2O5S/c19-13-8-12(15(20)17-11-6-7-24(22,23)9-11)16(21)18-14(13)10-4-2-1-3-5-10/h1-8,11,19H,9H2,(H,17,20)(H,18,21)/t11-/m1/s1. The summed E-state index contributed by atoms with van der Waals surface area (Å²) in [6.45, 7) is 0. The van der Waals surface area contributed by atoms with Gasteiger partial charge in [0.1, 0.15) is 11.3 Å². The second-order valence-corrected chi connectivity index (χ2v) is 7.31. The first-order chi connectivity index (χ1) is 11.4. The van der Waals surface area contributed by atoms with Gasteiger partial charge in [0.2, 0.25) is 0 Å². The highest BCUT2D eigenvalue weighted by Gasteiger charge is 2.25. The van der Waals surface area contributed by atoms with Gasteiger partial charge in [-0.3, -0.25) is 9.59 Å². The Morgan fingerprint density at radius 1 is 1.25 bits per heavy atom. The fourth-order valence-electron chi connectivity index (χ4n) is 2.42. The fraction of sp³-hybridized carbons (Fsp3) is 0.125. The van der Waals surface area contributed by atoms with Gasteiger partial charge in [-0.05, 0) is 6.08 Å². The molecule has 1 aliphatic rings. The molecular formula is C16H14N2O5S. The van der Waals surface area contributed by atoms with Crippen molar-refractivity contribution in [1.82, 2.24) is 10.3 Å². The Hall–Kier alpha value is -2.87. The number of rotatable bonds is 3. The molecule has 1 amide bonds. The first kappa shape index (κ1) is 16.0. The van der Waals surface area contributed by atoms with E-state index in [1.807, 2.05) is 0 Å². The number of benzene rings is 1.